The molecule has 15 heavy (non-hydrogen) atoms. The van der Waals surface area contributed by atoms with Crippen molar-refractivity contribution in [3.63, 3.8) is 0 Å². The van der Waals surface area contributed by atoms with Crippen molar-refractivity contribution in [1.29, 1.82) is 0 Å². The Balaban J connectivity index is 0.000000853. The number of rotatable bonds is 2. The second kappa shape index (κ2) is 4.20. The summed E-state index contributed by atoms with van der Waals surface area (Å²) in [4.78, 5) is 2.52. The van der Waals surface area contributed by atoms with Crippen molar-refractivity contribution in [3.05, 3.63) is 11.6 Å². The Morgan fingerprint density at radius 2 is 2.33 bits per heavy atom. The van der Waals surface area contributed by atoms with E-state index in [0.717, 1.165) is 24.4 Å². The van der Waals surface area contributed by atoms with E-state index in [1.165, 1.54) is 19.8 Å². The van der Waals surface area contributed by atoms with Gasteiger partial charge in [0.25, 0.3) is 0 Å². The molecule has 4 atom stereocenters. The molecule has 0 aromatic heterocycles. The zero-order chi connectivity index (χ0) is 9.60. The highest BCUT2D eigenvalue weighted by atomic mass is 35.5. The SMILES string of the molecule is Cl/C=C/C[N+]12CC3CN(CN(C1)N3)C2.[Cl-]. The molecule has 0 amide bonds. The second-order valence-electron chi connectivity index (χ2n) is 4.71. The molecule has 4 fully saturated rings. The van der Waals surface area contributed by atoms with Crippen molar-refractivity contribution in [2.45, 2.75) is 6.04 Å². The third-order valence-electron chi connectivity index (χ3n) is 3.37. The maximum Gasteiger partial charge on any atom is 0.150 e. The molecule has 4 rings (SSSR count). The Hall–Kier alpha value is 0.160. The van der Waals surface area contributed by atoms with Crippen LogP contribution >= 0.6 is 11.6 Å². The van der Waals surface area contributed by atoms with Crippen molar-refractivity contribution in [1.82, 2.24) is 15.3 Å². The Kier molecular flexibility index (Phi) is 3.26. The zero-order valence-electron chi connectivity index (χ0n) is 8.57. The van der Waals surface area contributed by atoms with E-state index in [9.17, 15) is 0 Å². The quantitative estimate of drug-likeness (QED) is 0.526. The lowest BCUT2D eigenvalue weighted by atomic mass is 10.1. The maximum atomic E-state index is 5.61. The van der Waals surface area contributed by atoms with E-state index in [1.54, 1.807) is 5.54 Å². The molecule has 0 aliphatic carbocycles. The highest BCUT2D eigenvalue weighted by Crippen LogP contribution is 2.26. The van der Waals surface area contributed by atoms with Crippen LogP contribution in [0.5, 0.6) is 0 Å². The van der Waals surface area contributed by atoms with Gasteiger partial charge in [-0.2, -0.15) is 5.01 Å². The van der Waals surface area contributed by atoms with Gasteiger partial charge < -0.3 is 12.4 Å². The van der Waals surface area contributed by atoms with Crippen LogP contribution in [0, 0.1) is 0 Å². The number of hydrogen-bond donors (Lipinski definition) is 1. The Morgan fingerprint density at radius 3 is 3.00 bits per heavy atom. The van der Waals surface area contributed by atoms with Crippen LogP contribution in [0.15, 0.2) is 11.6 Å². The van der Waals surface area contributed by atoms with Gasteiger partial charge in [0.2, 0.25) is 0 Å². The van der Waals surface area contributed by atoms with E-state index in [0.29, 0.717) is 6.04 Å². The van der Waals surface area contributed by atoms with Gasteiger partial charge in [0.1, 0.15) is 19.9 Å². The molecular formula is C9H16Cl2N4. The first-order chi connectivity index (χ1) is 6.80. The van der Waals surface area contributed by atoms with Gasteiger partial charge in [-0.1, -0.05) is 11.6 Å². The van der Waals surface area contributed by atoms with E-state index in [1.807, 2.05) is 0 Å². The molecule has 4 saturated heterocycles. The van der Waals surface area contributed by atoms with Gasteiger partial charge in [0, 0.05) is 12.1 Å². The third-order valence-corrected chi connectivity index (χ3v) is 3.55. The van der Waals surface area contributed by atoms with Gasteiger partial charge in [-0.15, -0.1) is 0 Å². The van der Waals surface area contributed by atoms with Crippen LogP contribution in [-0.4, -0.2) is 60.1 Å². The van der Waals surface area contributed by atoms with Gasteiger partial charge in [0.05, 0.1) is 19.3 Å². The van der Waals surface area contributed by atoms with Crippen LogP contribution < -0.4 is 17.8 Å². The lowest BCUT2D eigenvalue weighted by molar-refractivity contribution is -0.965. The van der Waals surface area contributed by atoms with Crippen LogP contribution in [0.2, 0.25) is 0 Å². The molecule has 4 aliphatic heterocycles. The monoisotopic (exact) mass is 250 g/mol. The molecule has 1 N–H and O–H groups in total. The summed E-state index contributed by atoms with van der Waals surface area (Å²) in [7, 11) is 0. The number of hydrazine groups is 1. The van der Waals surface area contributed by atoms with Crippen molar-refractivity contribution in [3.8, 4) is 0 Å². The van der Waals surface area contributed by atoms with Crippen molar-refractivity contribution in [2.24, 2.45) is 0 Å². The molecule has 4 unspecified atom stereocenters. The van der Waals surface area contributed by atoms with E-state index in [2.05, 4.69) is 21.4 Å². The Morgan fingerprint density at radius 1 is 1.47 bits per heavy atom. The summed E-state index contributed by atoms with van der Waals surface area (Å²) in [6, 6.07) is 0.648. The molecule has 4 aliphatic rings. The second-order valence-corrected chi connectivity index (χ2v) is 4.96. The minimum Gasteiger partial charge on any atom is -1.00 e. The number of quaternary nitrogens is 1. The normalized spacial score (nSPS) is 47.1. The first-order valence-corrected chi connectivity index (χ1v) is 5.57. The van der Waals surface area contributed by atoms with E-state index < -0.39 is 0 Å². The lowest BCUT2D eigenvalue weighted by Gasteiger charge is -2.59. The molecule has 0 spiro atoms. The van der Waals surface area contributed by atoms with E-state index in [4.69, 9.17) is 11.6 Å². The largest absolute Gasteiger partial charge is 1.00 e. The van der Waals surface area contributed by atoms with Crippen molar-refractivity contribution >= 4 is 11.6 Å². The first-order valence-electron chi connectivity index (χ1n) is 5.13. The van der Waals surface area contributed by atoms with Gasteiger partial charge in [0.15, 0.2) is 0 Å². The fraction of sp³-hybridized carbons (Fsp3) is 0.778. The summed E-state index contributed by atoms with van der Waals surface area (Å²) < 4.78 is 1.15. The average molecular weight is 251 g/mol. The number of nitrogens with one attached hydrogen (secondary N) is 1. The summed E-state index contributed by atoms with van der Waals surface area (Å²) >= 11 is 5.61. The molecule has 6 heteroatoms. The summed E-state index contributed by atoms with van der Waals surface area (Å²) in [6.07, 6.45) is 2.08. The van der Waals surface area contributed by atoms with Crippen LogP contribution in [0.25, 0.3) is 0 Å². The summed E-state index contributed by atoms with van der Waals surface area (Å²) in [6.45, 7) is 6.91. The summed E-state index contributed by atoms with van der Waals surface area (Å²) in [5, 5.41) is 2.34. The van der Waals surface area contributed by atoms with Crippen LogP contribution in [0.4, 0.5) is 0 Å². The van der Waals surface area contributed by atoms with E-state index in [-0.39, 0.29) is 12.4 Å². The van der Waals surface area contributed by atoms with Crippen LogP contribution in [0.3, 0.4) is 0 Å². The zero-order valence-corrected chi connectivity index (χ0v) is 10.1. The lowest BCUT2D eigenvalue weighted by Crippen LogP contribution is -3.00. The smallest absolute Gasteiger partial charge is 0.150 e. The molecule has 0 aromatic carbocycles. The molecule has 0 saturated carbocycles. The number of hydrogen-bond acceptors (Lipinski definition) is 3. The highest BCUT2D eigenvalue weighted by Gasteiger charge is 2.48. The van der Waals surface area contributed by atoms with Gasteiger partial charge >= 0.3 is 0 Å². The predicted octanol–water partition coefficient (Wildman–Crippen LogP) is -3.05. The molecular weight excluding hydrogens is 235 g/mol. The van der Waals surface area contributed by atoms with Crippen LogP contribution in [-0.2, 0) is 0 Å². The van der Waals surface area contributed by atoms with Gasteiger partial charge in [-0.3, -0.25) is 4.48 Å². The Bertz CT molecular complexity index is 234. The first kappa shape index (κ1) is 11.6. The number of halogens is 2. The summed E-state index contributed by atoms with van der Waals surface area (Å²) in [5.41, 5.74) is 5.18. The molecule has 0 aromatic rings. The molecule has 4 bridgehead atoms. The van der Waals surface area contributed by atoms with Gasteiger partial charge in [-0.25, -0.2) is 10.3 Å². The van der Waals surface area contributed by atoms with E-state index >= 15 is 0 Å². The maximum absolute atomic E-state index is 5.61. The minimum atomic E-state index is 0. The third kappa shape index (κ3) is 2.02. The van der Waals surface area contributed by atoms with Gasteiger partial charge in [-0.05, 0) is 6.08 Å². The Labute approximate surface area is 101 Å². The highest BCUT2D eigenvalue weighted by molar-refractivity contribution is 6.25. The van der Waals surface area contributed by atoms with Crippen LogP contribution in [0.1, 0.15) is 0 Å². The standard InChI is InChI=1S/C9H16ClN4.ClH/c10-2-1-3-14-5-9-4-12(7-14)6-13(8-14)11-9;/h1-2,9,11H,3-8H2;1H/q+1;/p-1/b2-1+;. The predicted molar refractivity (Wildman–Crippen MR) is 55.1 cm³/mol. The number of nitrogens with zero attached hydrogens (tertiary/aromatic N) is 3. The fourth-order valence-electron chi connectivity index (χ4n) is 3.10. The molecule has 0 radical (unpaired) electrons. The molecule has 86 valence electrons. The van der Waals surface area contributed by atoms with Crippen molar-refractivity contribution < 1.29 is 16.9 Å². The summed E-state index contributed by atoms with van der Waals surface area (Å²) in [5.74, 6) is 0. The fourth-order valence-corrected chi connectivity index (χ4v) is 3.18. The van der Waals surface area contributed by atoms with Crippen molar-refractivity contribution in [2.75, 3.05) is 39.6 Å². The molecule has 4 heterocycles. The topological polar surface area (TPSA) is 18.5 Å². The average Bonchev–Trinajstić information content (AvgIpc) is 2.12. The molecule has 4 nitrogen and oxygen atoms in total. The minimum absolute atomic E-state index is 0.